The molecule has 0 amide bonds. The summed E-state index contributed by atoms with van der Waals surface area (Å²) in [5.41, 5.74) is 0. The van der Waals surface area contributed by atoms with Gasteiger partial charge in [-0.05, 0) is 0 Å². The molecule has 1 aliphatic rings. The predicted molar refractivity (Wildman–Crippen MR) is 24.3 cm³/mol. The molecular weight excluding hydrogens is 132 g/mol. The van der Waals surface area contributed by atoms with Gasteiger partial charge in [-0.1, -0.05) is 0 Å². The SMILES string of the molecule is O=S(=O)([O-])C1COC1. The third kappa shape index (κ3) is 0.988. The maximum atomic E-state index is 9.98. The van der Waals surface area contributed by atoms with Gasteiger partial charge in [-0.25, -0.2) is 8.42 Å². The van der Waals surface area contributed by atoms with Gasteiger partial charge in [0.15, 0.2) is 0 Å². The molecule has 1 aliphatic heterocycles. The van der Waals surface area contributed by atoms with E-state index in [2.05, 4.69) is 4.74 Å². The Labute approximate surface area is 47.2 Å². The van der Waals surface area contributed by atoms with Crippen molar-refractivity contribution in [2.24, 2.45) is 0 Å². The van der Waals surface area contributed by atoms with Crippen LogP contribution in [0.5, 0.6) is 0 Å². The highest BCUT2D eigenvalue weighted by molar-refractivity contribution is 7.86. The molecule has 0 bridgehead atoms. The molecule has 1 fully saturated rings. The minimum atomic E-state index is -4.04. The van der Waals surface area contributed by atoms with E-state index < -0.39 is 15.4 Å². The van der Waals surface area contributed by atoms with Crippen molar-refractivity contribution in [2.75, 3.05) is 13.2 Å². The Balaban J connectivity index is 2.60. The summed E-state index contributed by atoms with van der Waals surface area (Å²) in [6, 6.07) is 0. The zero-order valence-corrected chi connectivity index (χ0v) is 4.85. The van der Waals surface area contributed by atoms with E-state index in [1.54, 1.807) is 0 Å². The lowest BCUT2D eigenvalue weighted by Crippen LogP contribution is -2.40. The van der Waals surface area contributed by atoms with Gasteiger partial charge >= 0.3 is 0 Å². The van der Waals surface area contributed by atoms with Gasteiger partial charge in [0, 0.05) is 0 Å². The van der Waals surface area contributed by atoms with Crippen molar-refractivity contribution < 1.29 is 17.7 Å². The quantitative estimate of drug-likeness (QED) is 0.431. The molecule has 0 saturated carbocycles. The molecule has 1 heterocycles. The first-order chi connectivity index (χ1) is 3.61. The van der Waals surface area contributed by atoms with Crippen molar-refractivity contribution in [3.8, 4) is 0 Å². The van der Waals surface area contributed by atoms with E-state index in [4.69, 9.17) is 0 Å². The Morgan fingerprint density at radius 1 is 1.50 bits per heavy atom. The predicted octanol–water partition coefficient (Wildman–Crippen LogP) is -1.07. The normalized spacial score (nSPS) is 22.6. The molecule has 1 saturated heterocycles. The van der Waals surface area contributed by atoms with Crippen LogP contribution in [-0.4, -0.2) is 31.4 Å². The molecule has 0 aromatic heterocycles. The van der Waals surface area contributed by atoms with Crippen LogP contribution < -0.4 is 0 Å². The van der Waals surface area contributed by atoms with Gasteiger partial charge in [0.2, 0.25) is 0 Å². The highest BCUT2D eigenvalue weighted by Crippen LogP contribution is 2.08. The number of hydrogen-bond donors (Lipinski definition) is 0. The Hall–Kier alpha value is -0.130. The first-order valence-corrected chi connectivity index (χ1v) is 3.60. The maximum absolute atomic E-state index is 9.98. The van der Waals surface area contributed by atoms with Gasteiger partial charge in [-0.3, -0.25) is 0 Å². The zero-order chi connectivity index (χ0) is 6.20. The highest BCUT2D eigenvalue weighted by atomic mass is 32.2. The Kier molecular flexibility index (Phi) is 1.26. The third-order valence-corrected chi connectivity index (χ3v) is 2.10. The van der Waals surface area contributed by atoms with Gasteiger partial charge < -0.3 is 9.29 Å². The van der Waals surface area contributed by atoms with E-state index in [0.29, 0.717) is 0 Å². The van der Waals surface area contributed by atoms with Crippen LogP contribution in [0.25, 0.3) is 0 Å². The van der Waals surface area contributed by atoms with Gasteiger partial charge in [0.05, 0.1) is 18.5 Å². The second-order valence-electron chi connectivity index (χ2n) is 1.65. The maximum Gasteiger partial charge on any atom is 0.102 e. The molecule has 5 heteroatoms. The van der Waals surface area contributed by atoms with Gasteiger partial charge in [-0.2, -0.15) is 0 Å². The van der Waals surface area contributed by atoms with Crippen LogP contribution in [0, 0.1) is 0 Å². The first kappa shape index (κ1) is 6.00. The first-order valence-electron chi connectivity index (χ1n) is 2.13. The molecule has 0 radical (unpaired) electrons. The van der Waals surface area contributed by atoms with Gasteiger partial charge in [0.1, 0.15) is 10.1 Å². The van der Waals surface area contributed by atoms with E-state index in [-0.39, 0.29) is 13.2 Å². The summed E-state index contributed by atoms with van der Waals surface area (Å²) < 4.78 is 34.4. The van der Waals surface area contributed by atoms with E-state index in [9.17, 15) is 13.0 Å². The van der Waals surface area contributed by atoms with Crippen LogP contribution in [-0.2, 0) is 14.9 Å². The summed E-state index contributed by atoms with van der Waals surface area (Å²) in [6.45, 7) is 0.150. The fourth-order valence-corrected chi connectivity index (χ4v) is 0.907. The monoisotopic (exact) mass is 137 g/mol. The summed E-state index contributed by atoms with van der Waals surface area (Å²) >= 11 is 0. The summed E-state index contributed by atoms with van der Waals surface area (Å²) in [5.74, 6) is 0. The Morgan fingerprint density at radius 2 is 2.00 bits per heavy atom. The van der Waals surface area contributed by atoms with Crippen LogP contribution in [0.1, 0.15) is 0 Å². The topological polar surface area (TPSA) is 66.4 Å². The summed E-state index contributed by atoms with van der Waals surface area (Å²) in [7, 11) is -4.04. The van der Waals surface area contributed by atoms with Crippen LogP contribution in [0.15, 0.2) is 0 Å². The standard InChI is InChI=1S/C3H6O4S/c4-8(5,6)3-1-7-2-3/h3H,1-2H2,(H,4,5,6)/p-1. The van der Waals surface area contributed by atoms with Crippen LogP contribution in [0.2, 0.25) is 0 Å². The number of rotatable bonds is 1. The minimum Gasteiger partial charge on any atom is -0.748 e. The Morgan fingerprint density at radius 3 is 2.00 bits per heavy atom. The lowest BCUT2D eigenvalue weighted by Gasteiger charge is -2.27. The average molecular weight is 137 g/mol. The number of hydrogen-bond acceptors (Lipinski definition) is 4. The minimum absolute atomic E-state index is 0.0752. The second-order valence-corrected chi connectivity index (χ2v) is 3.30. The van der Waals surface area contributed by atoms with E-state index in [0.717, 1.165) is 0 Å². The molecule has 8 heavy (non-hydrogen) atoms. The largest absolute Gasteiger partial charge is 0.748 e. The molecular formula is C3H5O4S-. The van der Waals surface area contributed by atoms with Crippen molar-refractivity contribution >= 4 is 10.1 Å². The van der Waals surface area contributed by atoms with Crippen molar-refractivity contribution in [3.05, 3.63) is 0 Å². The molecule has 0 unspecified atom stereocenters. The van der Waals surface area contributed by atoms with Gasteiger partial charge in [-0.15, -0.1) is 0 Å². The highest BCUT2D eigenvalue weighted by Gasteiger charge is 2.24. The molecule has 0 aromatic rings. The van der Waals surface area contributed by atoms with E-state index in [1.165, 1.54) is 0 Å². The third-order valence-electron chi connectivity index (χ3n) is 1.02. The fourth-order valence-electron chi connectivity index (χ4n) is 0.381. The van der Waals surface area contributed by atoms with Crippen LogP contribution in [0.4, 0.5) is 0 Å². The molecule has 0 aliphatic carbocycles. The molecule has 0 spiro atoms. The molecule has 48 valence electrons. The summed E-state index contributed by atoms with van der Waals surface area (Å²) in [6.07, 6.45) is 0. The average Bonchev–Trinajstić information content (AvgIpc) is 1.16. The lowest BCUT2D eigenvalue weighted by atomic mass is 10.4. The van der Waals surface area contributed by atoms with Crippen molar-refractivity contribution in [1.82, 2.24) is 0 Å². The van der Waals surface area contributed by atoms with Crippen molar-refractivity contribution in [2.45, 2.75) is 5.25 Å². The van der Waals surface area contributed by atoms with Crippen molar-refractivity contribution in [1.29, 1.82) is 0 Å². The summed E-state index contributed by atoms with van der Waals surface area (Å²) in [4.78, 5) is 0. The molecule has 0 aromatic carbocycles. The Bertz CT molecular complexity index is 166. The van der Waals surface area contributed by atoms with Gasteiger partial charge in [0.25, 0.3) is 0 Å². The lowest BCUT2D eigenvalue weighted by molar-refractivity contribution is 0.0381. The molecule has 0 atom stereocenters. The fraction of sp³-hybridized carbons (Fsp3) is 1.00. The smallest absolute Gasteiger partial charge is 0.102 e. The van der Waals surface area contributed by atoms with E-state index in [1.807, 2.05) is 0 Å². The van der Waals surface area contributed by atoms with Crippen LogP contribution in [0.3, 0.4) is 0 Å². The molecule has 1 rings (SSSR count). The summed E-state index contributed by atoms with van der Waals surface area (Å²) in [5, 5.41) is -0.775. The number of ether oxygens (including phenoxy) is 1. The zero-order valence-electron chi connectivity index (χ0n) is 4.03. The second kappa shape index (κ2) is 1.68. The van der Waals surface area contributed by atoms with E-state index >= 15 is 0 Å². The van der Waals surface area contributed by atoms with Crippen LogP contribution >= 0.6 is 0 Å². The van der Waals surface area contributed by atoms with Crippen molar-refractivity contribution in [3.63, 3.8) is 0 Å². The molecule has 0 N–H and O–H groups in total. The molecule has 4 nitrogen and oxygen atoms in total.